The number of benzene rings is 1. The van der Waals surface area contributed by atoms with E-state index in [2.05, 4.69) is 6.07 Å². The minimum Gasteiger partial charge on any atom is -0.457 e. The van der Waals surface area contributed by atoms with Crippen molar-refractivity contribution in [2.45, 2.75) is 27.4 Å². The molecule has 2 nitrogen and oxygen atoms in total. The van der Waals surface area contributed by atoms with Crippen molar-refractivity contribution in [3.63, 3.8) is 0 Å². The Hall–Kier alpha value is -1.31. The number of rotatable bonds is 0. The molecule has 1 heterocycles. The van der Waals surface area contributed by atoms with E-state index in [-0.39, 0.29) is 5.97 Å². The maximum atomic E-state index is 11.4. The minimum atomic E-state index is -0.167. The highest BCUT2D eigenvalue weighted by Crippen LogP contribution is 2.28. The number of cyclic esters (lactones) is 1. The van der Waals surface area contributed by atoms with Crippen molar-refractivity contribution in [3.05, 3.63) is 33.9 Å². The van der Waals surface area contributed by atoms with Gasteiger partial charge in [-0.15, -0.1) is 0 Å². The van der Waals surface area contributed by atoms with Crippen molar-refractivity contribution in [2.75, 3.05) is 0 Å². The molecule has 1 aliphatic rings. The molecule has 0 N–H and O–H groups in total. The monoisotopic (exact) mass is 176 g/mol. The van der Waals surface area contributed by atoms with Gasteiger partial charge in [0, 0.05) is 5.56 Å². The summed E-state index contributed by atoms with van der Waals surface area (Å²) in [5, 5.41) is 0. The standard InChI is InChI=1S/C11H12O2/c1-6-4-7(2)9-5-13-11(12)10(9)8(6)3/h4H,5H2,1-3H3. The molecular weight excluding hydrogens is 164 g/mol. The van der Waals surface area contributed by atoms with Gasteiger partial charge >= 0.3 is 5.97 Å². The summed E-state index contributed by atoms with van der Waals surface area (Å²) in [7, 11) is 0. The molecule has 2 rings (SSSR count). The van der Waals surface area contributed by atoms with Gasteiger partial charge in [0.15, 0.2) is 0 Å². The summed E-state index contributed by atoms with van der Waals surface area (Å²) < 4.78 is 5.00. The topological polar surface area (TPSA) is 26.3 Å². The number of hydrogen-bond donors (Lipinski definition) is 0. The molecule has 0 fully saturated rings. The van der Waals surface area contributed by atoms with Gasteiger partial charge < -0.3 is 4.74 Å². The van der Waals surface area contributed by atoms with Gasteiger partial charge in [-0.25, -0.2) is 4.79 Å². The van der Waals surface area contributed by atoms with Gasteiger partial charge in [-0.1, -0.05) is 6.07 Å². The Labute approximate surface area is 77.5 Å². The second-order valence-electron chi connectivity index (χ2n) is 3.57. The lowest BCUT2D eigenvalue weighted by atomic mass is 9.95. The summed E-state index contributed by atoms with van der Waals surface area (Å²) in [6, 6.07) is 2.11. The largest absolute Gasteiger partial charge is 0.457 e. The van der Waals surface area contributed by atoms with Crippen LogP contribution in [0, 0.1) is 20.8 Å². The SMILES string of the molecule is Cc1cc(C)c2c(c1C)C(=O)OC2. The predicted octanol–water partition coefficient (Wildman–Crippen LogP) is 2.28. The molecule has 2 heteroatoms. The second-order valence-corrected chi connectivity index (χ2v) is 3.57. The molecule has 1 aromatic carbocycles. The van der Waals surface area contributed by atoms with Crippen molar-refractivity contribution < 1.29 is 9.53 Å². The maximum Gasteiger partial charge on any atom is 0.339 e. The Kier molecular flexibility index (Phi) is 1.65. The first-order valence-electron chi connectivity index (χ1n) is 4.38. The van der Waals surface area contributed by atoms with Crippen LogP contribution in [0.5, 0.6) is 0 Å². The van der Waals surface area contributed by atoms with E-state index in [4.69, 9.17) is 4.74 Å². The van der Waals surface area contributed by atoms with Gasteiger partial charge in [0.2, 0.25) is 0 Å². The Balaban J connectivity index is 2.77. The summed E-state index contributed by atoms with van der Waals surface area (Å²) in [4.78, 5) is 11.4. The van der Waals surface area contributed by atoms with Crippen LogP contribution in [-0.4, -0.2) is 5.97 Å². The number of aryl methyl sites for hydroxylation is 2. The van der Waals surface area contributed by atoms with Crippen LogP contribution in [0.15, 0.2) is 6.07 Å². The lowest BCUT2D eigenvalue weighted by Crippen LogP contribution is -2.00. The smallest absolute Gasteiger partial charge is 0.339 e. The zero-order chi connectivity index (χ0) is 9.59. The van der Waals surface area contributed by atoms with Gasteiger partial charge in [-0.05, 0) is 37.5 Å². The molecule has 0 saturated carbocycles. The number of fused-ring (bicyclic) bond motifs is 1. The van der Waals surface area contributed by atoms with Crippen LogP contribution < -0.4 is 0 Å². The number of carbonyl (C=O) groups excluding carboxylic acids is 1. The van der Waals surface area contributed by atoms with Crippen LogP contribution in [0.2, 0.25) is 0 Å². The van der Waals surface area contributed by atoms with E-state index < -0.39 is 0 Å². The van der Waals surface area contributed by atoms with Gasteiger partial charge in [0.1, 0.15) is 6.61 Å². The predicted molar refractivity (Wildman–Crippen MR) is 49.8 cm³/mol. The van der Waals surface area contributed by atoms with Crippen LogP contribution in [0.1, 0.15) is 32.6 Å². The van der Waals surface area contributed by atoms with E-state index in [9.17, 15) is 4.79 Å². The van der Waals surface area contributed by atoms with E-state index in [1.54, 1.807) is 0 Å². The van der Waals surface area contributed by atoms with E-state index in [1.165, 1.54) is 0 Å². The summed E-state index contributed by atoms with van der Waals surface area (Å²) in [6.07, 6.45) is 0. The molecule has 0 unspecified atom stereocenters. The van der Waals surface area contributed by atoms with E-state index in [1.807, 2.05) is 20.8 Å². The van der Waals surface area contributed by atoms with E-state index in [0.29, 0.717) is 6.61 Å². The number of ether oxygens (including phenoxy) is 1. The van der Waals surface area contributed by atoms with Crippen LogP contribution in [0.4, 0.5) is 0 Å². The molecular formula is C11H12O2. The molecule has 68 valence electrons. The van der Waals surface area contributed by atoms with E-state index in [0.717, 1.165) is 27.8 Å². The third-order valence-electron chi connectivity index (χ3n) is 2.73. The van der Waals surface area contributed by atoms with E-state index >= 15 is 0 Å². The normalized spacial score (nSPS) is 14.2. The molecule has 13 heavy (non-hydrogen) atoms. The van der Waals surface area contributed by atoms with Gasteiger partial charge in [0.25, 0.3) is 0 Å². The van der Waals surface area contributed by atoms with Crippen LogP contribution in [0.25, 0.3) is 0 Å². The molecule has 0 radical (unpaired) electrons. The van der Waals surface area contributed by atoms with Crippen LogP contribution >= 0.6 is 0 Å². The Morgan fingerprint density at radius 3 is 2.62 bits per heavy atom. The molecule has 0 bridgehead atoms. The third kappa shape index (κ3) is 1.05. The molecule has 0 saturated heterocycles. The second kappa shape index (κ2) is 2.59. The average Bonchev–Trinajstić information content (AvgIpc) is 2.44. The van der Waals surface area contributed by atoms with Gasteiger partial charge in [0.05, 0.1) is 5.56 Å². The summed E-state index contributed by atoms with van der Waals surface area (Å²) in [6.45, 7) is 6.46. The molecule has 1 aliphatic heterocycles. The zero-order valence-electron chi connectivity index (χ0n) is 8.10. The zero-order valence-corrected chi connectivity index (χ0v) is 8.10. The van der Waals surface area contributed by atoms with Gasteiger partial charge in [-0.3, -0.25) is 0 Å². The first kappa shape index (κ1) is 8.30. The number of carbonyl (C=O) groups is 1. The average molecular weight is 176 g/mol. The summed E-state index contributed by atoms with van der Waals surface area (Å²) in [5.41, 5.74) is 5.23. The lowest BCUT2D eigenvalue weighted by molar-refractivity contribution is 0.0534. The van der Waals surface area contributed by atoms with Crippen LogP contribution in [-0.2, 0) is 11.3 Å². The van der Waals surface area contributed by atoms with Crippen LogP contribution in [0.3, 0.4) is 0 Å². The molecule has 0 amide bonds. The Morgan fingerprint density at radius 2 is 1.92 bits per heavy atom. The number of hydrogen-bond acceptors (Lipinski definition) is 2. The highest BCUT2D eigenvalue weighted by molar-refractivity contribution is 5.95. The maximum absolute atomic E-state index is 11.4. The van der Waals surface area contributed by atoms with Crippen molar-refractivity contribution in [1.82, 2.24) is 0 Å². The van der Waals surface area contributed by atoms with Crippen molar-refractivity contribution >= 4 is 5.97 Å². The molecule has 1 aromatic rings. The van der Waals surface area contributed by atoms with Crippen molar-refractivity contribution in [2.24, 2.45) is 0 Å². The first-order valence-corrected chi connectivity index (χ1v) is 4.38. The minimum absolute atomic E-state index is 0.167. The van der Waals surface area contributed by atoms with Crippen molar-refractivity contribution in [1.29, 1.82) is 0 Å². The fourth-order valence-corrected chi connectivity index (χ4v) is 1.81. The Morgan fingerprint density at radius 1 is 1.23 bits per heavy atom. The fourth-order valence-electron chi connectivity index (χ4n) is 1.81. The third-order valence-corrected chi connectivity index (χ3v) is 2.73. The highest BCUT2D eigenvalue weighted by atomic mass is 16.5. The summed E-state index contributed by atoms with van der Waals surface area (Å²) in [5.74, 6) is -0.167. The summed E-state index contributed by atoms with van der Waals surface area (Å²) >= 11 is 0. The molecule has 0 aliphatic carbocycles. The lowest BCUT2D eigenvalue weighted by Gasteiger charge is -2.06. The number of esters is 1. The Bertz CT molecular complexity index is 392. The molecule has 0 atom stereocenters. The quantitative estimate of drug-likeness (QED) is 0.567. The molecule has 0 aromatic heterocycles. The van der Waals surface area contributed by atoms with Gasteiger partial charge in [-0.2, -0.15) is 0 Å². The molecule has 0 spiro atoms. The fraction of sp³-hybridized carbons (Fsp3) is 0.364. The highest BCUT2D eigenvalue weighted by Gasteiger charge is 2.25. The first-order chi connectivity index (χ1) is 6.11. The van der Waals surface area contributed by atoms with Crippen molar-refractivity contribution in [3.8, 4) is 0 Å².